The summed E-state index contributed by atoms with van der Waals surface area (Å²) in [5.74, 6) is -0.594. The molecule has 0 unspecified atom stereocenters. The van der Waals surface area contributed by atoms with Crippen LogP contribution in [0.2, 0.25) is 0 Å². The highest BCUT2D eigenvalue weighted by Crippen LogP contribution is 2.16. The molecule has 0 fully saturated rings. The molecule has 176 valence electrons. The first-order chi connectivity index (χ1) is 15.5. The highest BCUT2D eigenvalue weighted by Gasteiger charge is 2.16. The minimum Gasteiger partial charge on any atom is -0.462 e. The number of esters is 1. The molecule has 1 aromatic heterocycles. The van der Waals surface area contributed by atoms with Gasteiger partial charge in [-0.1, -0.05) is 19.4 Å². The summed E-state index contributed by atoms with van der Waals surface area (Å²) in [6.07, 6.45) is 4.50. The summed E-state index contributed by atoms with van der Waals surface area (Å²) >= 11 is 0. The quantitative estimate of drug-likeness (QED) is 0.373. The Kier molecular flexibility index (Phi) is 10.7. The molecular formula is C24H34N2O6. The highest BCUT2D eigenvalue weighted by atomic mass is 16.5. The van der Waals surface area contributed by atoms with Crippen molar-refractivity contribution in [3.63, 3.8) is 0 Å². The summed E-state index contributed by atoms with van der Waals surface area (Å²) in [5, 5.41) is 3.17. The number of nitrogens with one attached hydrogen (secondary N) is 1. The summed E-state index contributed by atoms with van der Waals surface area (Å²) in [4.78, 5) is 36.5. The van der Waals surface area contributed by atoms with Crippen LogP contribution in [0.15, 0.2) is 29.2 Å². The van der Waals surface area contributed by atoms with Crippen LogP contribution >= 0.6 is 0 Å². The molecule has 0 aliphatic carbocycles. The number of benzene rings is 1. The number of ether oxygens (including phenoxy) is 3. The number of aryl methyl sites for hydroxylation is 2. The molecule has 1 aromatic carbocycles. The minimum atomic E-state index is -0.594. The van der Waals surface area contributed by atoms with Crippen molar-refractivity contribution in [3.8, 4) is 0 Å². The summed E-state index contributed by atoms with van der Waals surface area (Å²) in [5.41, 5.74) is 1.54. The maximum atomic E-state index is 12.9. The van der Waals surface area contributed by atoms with Crippen LogP contribution in [0.25, 0.3) is 10.9 Å². The minimum absolute atomic E-state index is 0.0578. The van der Waals surface area contributed by atoms with Crippen LogP contribution in [0.1, 0.15) is 56.0 Å². The Balaban J connectivity index is 1.88. The van der Waals surface area contributed by atoms with Gasteiger partial charge in [0.15, 0.2) is 0 Å². The van der Waals surface area contributed by atoms with E-state index in [1.165, 1.54) is 0 Å². The summed E-state index contributed by atoms with van der Waals surface area (Å²) in [7, 11) is 0. The van der Waals surface area contributed by atoms with E-state index in [1.54, 1.807) is 13.1 Å². The average molecular weight is 447 g/mol. The van der Waals surface area contributed by atoms with Crippen LogP contribution in [-0.4, -0.2) is 49.6 Å². The van der Waals surface area contributed by atoms with Crippen LogP contribution in [0.5, 0.6) is 0 Å². The second-order valence-corrected chi connectivity index (χ2v) is 7.36. The molecule has 0 spiro atoms. The molecule has 0 aliphatic heterocycles. The Labute approximate surface area is 188 Å². The van der Waals surface area contributed by atoms with Crippen molar-refractivity contribution in [2.45, 2.75) is 53.0 Å². The van der Waals surface area contributed by atoms with Crippen molar-refractivity contribution < 1.29 is 23.8 Å². The first-order valence-electron chi connectivity index (χ1n) is 11.3. The zero-order valence-corrected chi connectivity index (χ0v) is 19.3. The van der Waals surface area contributed by atoms with Crippen molar-refractivity contribution in [1.29, 1.82) is 0 Å². The monoisotopic (exact) mass is 446 g/mol. The Morgan fingerprint density at radius 1 is 1.03 bits per heavy atom. The van der Waals surface area contributed by atoms with Crippen molar-refractivity contribution in [1.82, 2.24) is 9.88 Å². The van der Waals surface area contributed by atoms with E-state index in [0.29, 0.717) is 38.3 Å². The third-order valence-electron chi connectivity index (χ3n) is 4.98. The van der Waals surface area contributed by atoms with Crippen molar-refractivity contribution in [3.05, 3.63) is 45.7 Å². The van der Waals surface area contributed by atoms with Crippen molar-refractivity contribution in [2.75, 3.05) is 33.0 Å². The smallest absolute Gasteiger partial charge is 0.407 e. The molecule has 1 amide bonds. The maximum Gasteiger partial charge on any atom is 0.407 e. The third-order valence-corrected chi connectivity index (χ3v) is 4.98. The van der Waals surface area contributed by atoms with Crippen LogP contribution in [-0.2, 0) is 27.2 Å². The molecule has 0 saturated carbocycles. The molecule has 0 radical (unpaired) electrons. The Morgan fingerprint density at radius 3 is 2.56 bits per heavy atom. The van der Waals surface area contributed by atoms with Gasteiger partial charge in [-0.15, -0.1) is 0 Å². The summed E-state index contributed by atoms with van der Waals surface area (Å²) in [6, 6.07) is 5.76. The number of aromatic nitrogens is 1. The van der Waals surface area contributed by atoms with Gasteiger partial charge in [0.25, 0.3) is 0 Å². The van der Waals surface area contributed by atoms with E-state index in [4.69, 9.17) is 14.2 Å². The molecule has 1 N–H and O–H groups in total. The van der Waals surface area contributed by atoms with Gasteiger partial charge in [-0.05, 0) is 50.8 Å². The number of nitrogens with zero attached hydrogens (tertiary/aromatic N) is 1. The van der Waals surface area contributed by atoms with E-state index in [-0.39, 0.29) is 17.6 Å². The van der Waals surface area contributed by atoms with E-state index in [2.05, 4.69) is 5.32 Å². The van der Waals surface area contributed by atoms with Crippen LogP contribution in [0.4, 0.5) is 4.79 Å². The van der Waals surface area contributed by atoms with Gasteiger partial charge in [0.1, 0.15) is 5.56 Å². The van der Waals surface area contributed by atoms with Gasteiger partial charge < -0.3 is 24.1 Å². The van der Waals surface area contributed by atoms with Crippen LogP contribution in [0, 0.1) is 0 Å². The number of hydrogen-bond acceptors (Lipinski definition) is 6. The largest absolute Gasteiger partial charge is 0.462 e. The molecule has 0 saturated heterocycles. The topological polar surface area (TPSA) is 95.9 Å². The fraction of sp³-hybridized carbons (Fsp3) is 0.542. The molecule has 8 nitrogen and oxygen atoms in total. The van der Waals surface area contributed by atoms with Crippen LogP contribution < -0.4 is 10.7 Å². The van der Waals surface area contributed by atoms with Gasteiger partial charge in [-0.3, -0.25) is 4.79 Å². The SMILES string of the molecule is CCCCOC(=O)NCCOCCCc1ccc2c(c1)c(=O)c(C(=O)OCC)cn2CC. The average Bonchev–Trinajstić information content (AvgIpc) is 2.79. The second-order valence-electron chi connectivity index (χ2n) is 7.36. The van der Waals surface area contributed by atoms with Gasteiger partial charge in [-0.25, -0.2) is 9.59 Å². The predicted octanol–water partition coefficient (Wildman–Crippen LogP) is 3.67. The maximum absolute atomic E-state index is 12.9. The molecule has 1 heterocycles. The first kappa shape index (κ1) is 25.4. The molecule has 0 aliphatic rings. The predicted molar refractivity (Wildman–Crippen MR) is 123 cm³/mol. The fourth-order valence-corrected chi connectivity index (χ4v) is 3.28. The van der Waals surface area contributed by atoms with Crippen LogP contribution in [0.3, 0.4) is 0 Å². The third kappa shape index (κ3) is 7.37. The molecule has 32 heavy (non-hydrogen) atoms. The van der Waals surface area contributed by atoms with Crippen molar-refractivity contribution >= 4 is 23.0 Å². The van der Waals surface area contributed by atoms with E-state index < -0.39 is 12.1 Å². The molecular weight excluding hydrogens is 412 g/mol. The molecule has 2 rings (SSSR count). The highest BCUT2D eigenvalue weighted by molar-refractivity contribution is 5.93. The summed E-state index contributed by atoms with van der Waals surface area (Å²) in [6.45, 7) is 8.34. The fourth-order valence-electron chi connectivity index (χ4n) is 3.28. The molecule has 0 bridgehead atoms. The number of fused-ring (bicyclic) bond motifs is 1. The standard InChI is InChI=1S/C24H34N2O6/c1-4-7-14-32-24(29)25-12-15-30-13-8-9-18-10-11-21-19(16-18)22(27)20(17-26(21)5-2)23(28)31-6-3/h10-11,16-17H,4-9,12-15H2,1-3H3,(H,25,29). The van der Waals surface area contributed by atoms with Gasteiger partial charge in [0, 0.05) is 31.3 Å². The number of carbonyl (C=O) groups excluding carboxylic acids is 2. The van der Waals surface area contributed by atoms with Gasteiger partial charge >= 0.3 is 12.1 Å². The zero-order chi connectivity index (χ0) is 23.3. The van der Waals surface area contributed by atoms with Crippen molar-refractivity contribution in [2.24, 2.45) is 0 Å². The number of hydrogen-bond donors (Lipinski definition) is 1. The summed E-state index contributed by atoms with van der Waals surface area (Å²) < 4.78 is 17.5. The number of alkyl carbamates (subject to hydrolysis) is 1. The number of unbranched alkanes of at least 4 members (excludes halogenated alkanes) is 1. The van der Waals surface area contributed by atoms with Gasteiger partial charge in [0.2, 0.25) is 5.43 Å². The van der Waals surface area contributed by atoms with Gasteiger partial charge in [-0.2, -0.15) is 0 Å². The lowest BCUT2D eigenvalue weighted by atomic mass is 10.0. The van der Waals surface area contributed by atoms with E-state index in [0.717, 1.165) is 36.8 Å². The number of carbonyl (C=O) groups is 2. The molecule has 8 heteroatoms. The Bertz CT molecular complexity index is 953. The number of pyridine rings is 1. The van der Waals surface area contributed by atoms with Gasteiger partial charge in [0.05, 0.1) is 25.3 Å². The molecule has 2 aromatic rings. The number of rotatable bonds is 13. The molecule has 0 atom stereocenters. The van der Waals surface area contributed by atoms with E-state index >= 15 is 0 Å². The lowest BCUT2D eigenvalue weighted by Crippen LogP contribution is -2.28. The first-order valence-corrected chi connectivity index (χ1v) is 11.3. The lowest BCUT2D eigenvalue weighted by molar-refractivity contribution is 0.0524. The van der Waals surface area contributed by atoms with E-state index in [9.17, 15) is 14.4 Å². The second kappa shape index (κ2) is 13.5. The zero-order valence-electron chi connectivity index (χ0n) is 19.3. The lowest BCUT2D eigenvalue weighted by Gasteiger charge is -2.12. The normalized spacial score (nSPS) is 10.8. The van der Waals surface area contributed by atoms with E-state index in [1.807, 2.05) is 36.6 Å². The Morgan fingerprint density at radius 2 is 1.84 bits per heavy atom. The number of amides is 1. The Hall–Kier alpha value is -2.87.